The van der Waals surface area contributed by atoms with Crippen molar-refractivity contribution in [3.63, 3.8) is 0 Å². The summed E-state index contributed by atoms with van der Waals surface area (Å²) in [4.78, 5) is 14.0. The van der Waals surface area contributed by atoms with Crippen molar-refractivity contribution in [2.75, 3.05) is 18.1 Å². The Morgan fingerprint density at radius 1 is 1.30 bits per heavy atom. The fourth-order valence-corrected chi connectivity index (χ4v) is 4.87. The van der Waals surface area contributed by atoms with E-state index >= 15 is 0 Å². The van der Waals surface area contributed by atoms with Crippen molar-refractivity contribution in [2.45, 2.75) is 39.2 Å². The summed E-state index contributed by atoms with van der Waals surface area (Å²) in [6, 6.07) is 6.29. The number of carbonyl (C=O) groups is 1. The van der Waals surface area contributed by atoms with E-state index in [2.05, 4.69) is 0 Å². The first kappa shape index (κ1) is 17.9. The summed E-state index contributed by atoms with van der Waals surface area (Å²) in [5, 5.41) is 0. The highest BCUT2D eigenvalue weighted by Gasteiger charge is 2.34. The number of halogens is 1. The molecule has 1 heterocycles. The lowest BCUT2D eigenvalue weighted by molar-refractivity contribution is -0.128. The van der Waals surface area contributed by atoms with E-state index < -0.39 is 15.6 Å². The highest BCUT2D eigenvalue weighted by molar-refractivity contribution is 7.92. The largest absolute Gasteiger partial charge is 0.338 e. The molecule has 6 heteroatoms. The van der Waals surface area contributed by atoms with Crippen LogP contribution in [0.2, 0.25) is 0 Å². The molecule has 0 spiro atoms. The van der Waals surface area contributed by atoms with Gasteiger partial charge < -0.3 is 4.90 Å². The molecule has 0 saturated carbocycles. The Morgan fingerprint density at radius 2 is 1.91 bits per heavy atom. The van der Waals surface area contributed by atoms with E-state index in [1.165, 1.54) is 12.1 Å². The number of sulfone groups is 1. The normalized spacial score (nSPS) is 21.9. The van der Waals surface area contributed by atoms with Gasteiger partial charge in [0.05, 0.1) is 5.75 Å². The van der Waals surface area contributed by atoms with E-state index in [0.717, 1.165) is 12.0 Å². The molecule has 0 aromatic heterocycles. The topological polar surface area (TPSA) is 54.5 Å². The van der Waals surface area contributed by atoms with Gasteiger partial charge in [0.1, 0.15) is 11.6 Å². The Labute approximate surface area is 137 Å². The third-order valence-corrected chi connectivity index (χ3v) is 6.03. The molecule has 23 heavy (non-hydrogen) atoms. The molecule has 1 aromatic rings. The van der Waals surface area contributed by atoms with Crippen LogP contribution in [0.1, 0.15) is 38.7 Å². The summed E-state index contributed by atoms with van der Waals surface area (Å²) in [7, 11) is -3.37. The third-order valence-electron chi connectivity index (χ3n) is 4.17. The van der Waals surface area contributed by atoms with Gasteiger partial charge in [-0.1, -0.05) is 26.0 Å². The fraction of sp³-hybridized carbons (Fsp3) is 0.588. The van der Waals surface area contributed by atoms with Crippen molar-refractivity contribution in [1.82, 2.24) is 4.90 Å². The van der Waals surface area contributed by atoms with Crippen LogP contribution in [-0.2, 0) is 14.6 Å². The molecule has 1 aliphatic rings. The maximum absolute atomic E-state index is 13.0. The van der Waals surface area contributed by atoms with Crippen LogP contribution in [0.5, 0.6) is 0 Å². The zero-order valence-electron chi connectivity index (χ0n) is 13.8. The summed E-state index contributed by atoms with van der Waals surface area (Å²) in [5.74, 6) is -0.873. The predicted octanol–water partition coefficient (Wildman–Crippen LogP) is 2.60. The quantitative estimate of drug-likeness (QED) is 0.827. The number of hydrogen-bond acceptors (Lipinski definition) is 3. The van der Waals surface area contributed by atoms with Crippen molar-refractivity contribution in [3.8, 4) is 0 Å². The van der Waals surface area contributed by atoms with Crippen LogP contribution in [0, 0.1) is 11.7 Å². The Morgan fingerprint density at radius 3 is 2.48 bits per heavy atom. The van der Waals surface area contributed by atoms with Gasteiger partial charge in [-0.25, -0.2) is 12.8 Å². The molecular formula is C17H24FNO3S. The third kappa shape index (κ3) is 4.77. The molecule has 0 bridgehead atoms. The van der Waals surface area contributed by atoms with E-state index in [4.69, 9.17) is 0 Å². The Balaban J connectivity index is 2.03. The van der Waals surface area contributed by atoms with Crippen LogP contribution in [0.4, 0.5) is 4.39 Å². The van der Waals surface area contributed by atoms with Crippen LogP contribution in [0.3, 0.4) is 0 Å². The summed E-state index contributed by atoms with van der Waals surface area (Å²) in [5.41, 5.74) is 0.985. The minimum atomic E-state index is -3.37. The Hall–Kier alpha value is -1.43. The molecule has 0 radical (unpaired) electrons. The van der Waals surface area contributed by atoms with Crippen LogP contribution < -0.4 is 0 Å². The van der Waals surface area contributed by atoms with Gasteiger partial charge in [0.15, 0.2) is 9.84 Å². The van der Waals surface area contributed by atoms with Gasteiger partial charge in [0, 0.05) is 18.5 Å². The van der Waals surface area contributed by atoms with E-state index in [1.54, 1.807) is 17.0 Å². The summed E-state index contributed by atoms with van der Waals surface area (Å²) >= 11 is 0. The summed E-state index contributed by atoms with van der Waals surface area (Å²) in [6.45, 7) is 6.06. The van der Waals surface area contributed by atoms with Gasteiger partial charge in [-0.05, 0) is 37.0 Å². The van der Waals surface area contributed by atoms with Gasteiger partial charge in [0.2, 0.25) is 5.91 Å². The highest BCUT2D eigenvalue weighted by Crippen LogP contribution is 2.31. The smallest absolute Gasteiger partial charge is 0.238 e. The molecule has 2 atom stereocenters. The number of carbonyl (C=O) groups excluding carboxylic acids is 1. The van der Waals surface area contributed by atoms with Gasteiger partial charge in [0.25, 0.3) is 0 Å². The standard InChI is InChI=1S/C17H24FNO3S/c1-12(2)10-23(21,22)11-17(20)19-9-15(8-13(19)3)14-4-6-16(18)7-5-14/h4-7,12-13,15H,8-11H2,1-3H3/t13-,15-/m0/s1. The predicted molar refractivity (Wildman–Crippen MR) is 88.4 cm³/mol. The molecule has 0 unspecified atom stereocenters. The summed E-state index contributed by atoms with van der Waals surface area (Å²) < 4.78 is 37.0. The van der Waals surface area contributed by atoms with Crippen molar-refractivity contribution < 1.29 is 17.6 Å². The van der Waals surface area contributed by atoms with E-state index in [-0.39, 0.29) is 35.4 Å². The fourth-order valence-electron chi connectivity index (χ4n) is 3.19. The highest BCUT2D eigenvalue weighted by atomic mass is 32.2. The number of nitrogens with zero attached hydrogens (tertiary/aromatic N) is 1. The maximum Gasteiger partial charge on any atom is 0.238 e. The van der Waals surface area contributed by atoms with Crippen molar-refractivity contribution in [2.24, 2.45) is 5.92 Å². The van der Waals surface area contributed by atoms with Crippen molar-refractivity contribution in [1.29, 1.82) is 0 Å². The van der Waals surface area contributed by atoms with Gasteiger partial charge in [-0.15, -0.1) is 0 Å². The second-order valence-corrected chi connectivity index (χ2v) is 8.94. The molecule has 1 saturated heterocycles. The number of likely N-dealkylation sites (tertiary alicyclic amines) is 1. The number of benzene rings is 1. The zero-order chi connectivity index (χ0) is 17.2. The van der Waals surface area contributed by atoms with Crippen LogP contribution in [0.25, 0.3) is 0 Å². The number of rotatable bonds is 5. The second-order valence-electron chi connectivity index (χ2n) is 6.83. The second kappa shape index (κ2) is 6.99. The minimum absolute atomic E-state index is 0.00759. The Kier molecular flexibility index (Phi) is 5.45. The lowest BCUT2D eigenvalue weighted by atomic mass is 9.97. The van der Waals surface area contributed by atoms with Gasteiger partial charge in [-0.2, -0.15) is 0 Å². The molecule has 2 rings (SSSR count). The molecule has 0 N–H and O–H groups in total. The number of amides is 1. The minimum Gasteiger partial charge on any atom is -0.338 e. The first-order valence-electron chi connectivity index (χ1n) is 7.93. The summed E-state index contributed by atoms with van der Waals surface area (Å²) in [6.07, 6.45) is 0.765. The molecule has 1 fully saturated rings. The van der Waals surface area contributed by atoms with Crippen LogP contribution in [0.15, 0.2) is 24.3 Å². The molecule has 128 valence electrons. The maximum atomic E-state index is 13.0. The number of hydrogen-bond donors (Lipinski definition) is 0. The van der Waals surface area contributed by atoms with E-state index in [0.29, 0.717) is 6.54 Å². The SMILES string of the molecule is CC(C)CS(=O)(=O)CC(=O)N1C[C@@H](c2ccc(F)cc2)C[C@@H]1C. The van der Waals surface area contributed by atoms with Crippen LogP contribution in [-0.4, -0.2) is 43.3 Å². The first-order chi connectivity index (χ1) is 10.7. The molecule has 1 amide bonds. The van der Waals surface area contributed by atoms with Gasteiger partial charge >= 0.3 is 0 Å². The van der Waals surface area contributed by atoms with Crippen molar-refractivity contribution >= 4 is 15.7 Å². The molecule has 4 nitrogen and oxygen atoms in total. The van der Waals surface area contributed by atoms with Crippen molar-refractivity contribution in [3.05, 3.63) is 35.6 Å². The molecule has 1 aromatic carbocycles. The Bertz CT molecular complexity index is 655. The molecule has 0 aliphatic carbocycles. The molecule has 1 aliphatic heterocycles. The van der Waals surface area contributed by atoms with E-state index in [9.17, 15) is 17.6 Å². The van der Waals surface area contributed by atoms with Gasteiger partial charge in [-0.3, -0.25) is 4.79 Å². The average Bonchev–Trinajstić information content (AvgIpc) is 2.79. The average molecular weight is 341 g/mol. The first-order valence-corrected chi connectivity index (χ1v) is 9.75. The lowest BCUT2D eigenvalue weighted by Crippen LogP contribution is -2.38. The van der Waals surface area contributed by atoms with E-state index in [1.807, 2.05) is 20.8 Å². The van der Waals surface area contributed by atoms with Crippen LogP contribution >= 0.6 is 0 Å². The molecular weight excluding hydrogens is 317 g/mol. The monoisotopic (exact) mass is 341 g/mol. The lowest BCUT2D eigenvalue weighted by Gasteiger charge is -2.21. The zero-order valence-corrected chi connectivity index (χ0v) is 14.6.